The van der Waals surface area contributed by atoms with Gasteiger partial charge in [0.05, 0.1) is 5.41 Å². The summed E-state index contributed by atoms with van der Waals surface area (Å²) < 4.78 is 2.35. The van der Waals surface area contributed by atoms with Crippen molar-refractivity contribution in [1.29, 1.82) is 0 Å². The second-order valence-corrected chi connectivity index (χ2v) is 15.4. The van der Waals surface area contributed by atoms with Gasteiger partial charge in [0.15, 0.2) is 5.71 Å². The molecule has 0 spiro atoms. The third kappa shape index (κ3) is 6.00. The van der Waals surface area contributed by atoms with Crippen LogP contribution in [0.1, 0.15) is 38.8 Å². The summed E-state index contributed by atoms with van der Waals surface area (Å²) in [5.41, 5.74) is 10.8. The third-order valence-electron chi connectivity index (χ3n) is 11.3. The first-order valence-electron chi connectivity index (χ1n) is 18.9. The summed E-state index contributed by atoms with van der Waals surface area (Å²) in [5, 5.41) is 5.21. The predicted molar refractivity (Wildman–Crippen MR) is 232 cm³/mol. The van der Waals surface area contributed by atoms with Gasteiger partial charge in [-0.2, -0.15) is 4.58 Å². The molecule has 3 heteroatoms. The molecule has 0 saturated heterocycles. The van der Waals surface area contributed by atoms with E-state index in [4.69, 9.17) is 0 Å². The van der Waals surface area contributed by atoms with Gasteiger partial charge >= 0.3 is 0 Å². The van der Waals surface area contributed by atoms with Gasteiger partial charge in [0.1, 0.15) is 7.05 Å². The van der Waals surface area contributed by atoms with E-state index in [1.54, 1.807) is 0 Å². The van der Waals surface area contributed by atoms with Gasteiger partial charge < -0.3 is 9.80 Å². The second-order valence-electron chi connectivity index (χ2n) is 15.4. The first-order valence-corrected chi connectivity index (χ1v) is 18.9. The maximum Gasteiger partial charge on any atom is 0.210 e. The molecule has 6 aromatic rings. The molecule has 0 amide bonds. The Morgan fingerprint density at radius 3 is 1.81 bits per heavy atom. The summed E-state index contributed by atoms with van der Waals surface area (Å²) >= 11 is 0. The number of hydrogen-bond acceptors (Lipinski definition) is 2. The van der Waals surface area contributed by atoms with Crippen molar-refractivity contribution in [3.05, 3.63) is 205 Å². The molecule has 0 bridgehead atoms. The average molecular weight is 703 g/mol. The molecule has 0 fully saturated rings. The molecule has 8 rings (SSSR count). The summed E-state index contributed by atoms with van der Waals surface area (Å²) in [7, 11) is 4.37. The number of hydrogen-bond donors (Lipinski definition) is 0. The molecule has 0 N–H and O–H groups in total. The molecule has 0 saturated carbocycles. The van der Waals surface area contributed by atoms with Crippen molar-refractivity contribution in [3.8, 4) is 0 Å². The number of likely N-dealkylation sites (N-methyl/N-ethyl adjacent to an activating group) is 1. The zero-order chi connectivity index (χ0) is 37.5. The lowest BCUT2D eigenvalue weighted by molar-refractivity contribution is -0.401. The van der Waals surface area contributed by atoms with Crippen molar-refractivity contribution in [2.24, 2.45) is 0 Å². The fourth-order valence-corrected chi connectivity index (χ4v) is 8.79. The smallest absolute Gasteiger partial charge is 0.210 e. The summed E-state index contributed by atoms with van der Waals surface area (Å²) in [6.07, 6.45) is 17.7. The van der Waals surface area contributed by atoms with Crippen molar-refractivity contribution in [3.63, 3.8) is 0 Å². The molecule has 2 aliphatic heterocycles. The van der Waals surface area contributed by atoms with Crippen LogP contribution >= 0.6 is 0 Å². The van der Waals surface area contributed by atoms with Crippen LogP contribution in [0.2, 0.25) is 0 Å². The first kappa shape index (κ1) is 34.9. The van der Waals surface area contributed by atoms with Crippen molar-refractivity contribution in [2.45, 2.75) is 38.5 Å². The molecule has 0 radical (unpaired) electrons. The maximum atomic E-state index is 2.35. The average Bonchev–Trinajstić information content (AvgIpc) is 3.52. The number of allylic oxidation sites excluding steroid dienone is 9. The molecule has 2 aliphatic rings. The highest BCUT2D eigenvalue weighted by Gasteiger charge is 2.44. The standard InChI is InChI=1S/C51H48N3/c1-50(2)46(52(5)44-35-33-37-21-13-17-29-42(37)48(44)50)31-19-15-27-41(54(39-23-9-7-10-24-39)40-25-11-8-12-26-40)28-16-20-32-47-51(3,4)49-43-30-18-14-22-38(43)34-36-45(49)53(47)6/h7-36H,1-6H3/q+1. The zero-order valence-corrected chi connectivity index (χ0v) is 32.2. The SMILES string of the molecule is CN1/C(=C/C=C/C=C(/C=C/C=C/C2=[N+](C)c3ccc4ccccc4c3C2(C)C)N(c2ccccc2)c2ccccc2)C(C)(C)c2c1ccc1ccccc21. The molecule has 54 heavy (non-hydrogen) atoms. The monoisotopic (exact) mass is 702 g/mol. The Morgan fingerprint density at radius 2 is 1.17 bits per heavy atom. The topological polar surface area (TPSA) is 9.49 Å². The van der Waals surface area contributed by atoms with Crippen LogP contribution in [0.25, 0.3) is 21.5 Å². The van der Waals surface area contributed by atoms with Crippen LogP contribution in [0.3, 0.4) is 0 Å². The van der Waals surface area contributed by atoms with Gasteiger partial charge in [0.2, 0.25) is 5.69 Å². The van der Waals surface area contributed by atoms with Crippen LogP contribution in [0.15, 0.2) is 193 Å². The minimum Gasteiger partial charge on any atom is -0.347 e. The van der Waals surface area contributed by atoms with Gasteiger partial charge in [-0.3, -0.25) is 0 Å². The summed E-state index contributed by atoms with van der Waals surface area (Å²) in [6, 6.07) is 47.7. The van der Waals surface area contributed by atoms with Crippen LogP contribution < -0.4 is 9.80 Å². The van der Waals surface area contributed by atoms with Crippen LogP contribution in [0, 0.1) is 0 Å². The Hall–Kier alpha value is -6.19. The molecule has 266 valence electrons. The fraction of sp³-hybridized carbons (Fsp3) is 0.157. The quantitative estimate of drug-likeness (QED) is 0.115. The number of rotatable bonds is 8. The van der Waals surface area contributed by atoms with E-state index in [9.17, 15) is 0 Å². The molecule has 6 aromatic carbocycles. The lowest BCUT2D eigenvalue weighted by Crippen LogP contribution is -2.26. The van der Waals surface area contributed by atoms with Crippen LogP contribution in [0.5, 0.6) is 0 Å². The Labute approximate surface area is 320 Å². The highest BCUT2D eigenvalue weighted by molar-refractivity contribution is 6.07. The van der Waals surface area contributed by atoms with Crippen molar-refractivity contribution in [2.75, 3.05) is 23.9 Å². The number of fused-ring (bicyclic) bond motifs is 6. The molecule has 2 heterocycles. The highest BCUT2D eigenvalue weighted by atomic mass is 15.2. The van der Waals surface area contributed by atoms with Gasteiger partial charge in [-0.05, 0) is 95.6 Å². The van der Waals surface area contributed by atoms with E-state index >= 15 is 0 Å². The molecule has 0 aromatic heterocycles. The van der Waals surface area contributed by atoms with Gasteiger partial charge in [0, 0.05) is 58.6 Å². The minimum atomic E-state index is -0.141. The van der Waals surface area contributed by atoms with E-state index in [-0.39, 0.29) is 10.8 Å². The first-order chi connectivity index (χ1) is 26.2. The second kappa shape index (κ2) is 14.0. The van der Waals surface area contributed by atoms with Crippen LogP contribution in [-0.4, -0.2) is 24.4 Å². The third-order valence-corrected chi connectivity index (χ3v) is 11.3. The normalized spacial score (nSPS) is 17.2. The number of nitrogens with zero attached hydrogens (tertiary/aromatic N) is 3. The number of para-hydroxylation sites is 2. The number of anilines is 3. The molecular weight excluding hydrogens is 655 g/mol. The van der Waals surface area contributed by atoms with Crippen LogP contribution in [-0.2, 0) is 10.8 Å². The molecular formula is C51H48N3+. The minimum absolute atomic E-state index is 0.141. The maximum absolute atomic E-state index is 2.35. The molecule has 0 unspecified atom stereocenters. The van der Waals surface area contributed by atoms with E-state index in [1.807, 2.05) is 0 Å². The van der Waals surface area contributed by atoms with Crippen LogP contribution in [0.4, 0.5) is 22.7 Å². The molecule has 0 aliphatic carbocycles. The Balaban J connectivity index is 1.15. The molecule has 3 nitrogen and oxygen atoms in total. The lowest BCUT2D eigenvalue weighted by Gasteiger charge is -2.26. The van der Waals surface area contributed by atoms with Crippen molar-refractivity contribution in [1.82, 2.24) is 0 Å². The van der Waals surface area contributed by atoms with E-state index in [0.29, 0.717) is 0 Å². The lowest BCUT2D eigenvalue weighted by atomic mass is 9.79. The van der Waals surface area contributed by atoms with Crippen molar-refractivity contribution < 1.29 is 4.58 Å². The largest absolute Gasteiger partial charge is 0.347 e. The Bertz CT molecular complexity index is 2520. The summed E-state index contributed by atoms with van der Waals surface area (Å²) in [5.74, 6) is 0. The highest BCUT2D eigenvalue weighted by Crippen LogP contribution is 2.50. The van der Waals surface area contributed by atoms with E-state index in [2.05, 4.69) is 238 Å². The fourth-order valence-electron chi connectivity index (χ4n) is 8.79. The molecule has 0 atom stereocenters. The zero-order valence-electron chi connectivity index (χ0n) is 32.2. The van der Waals surface area contributed by atoms with Gasteiger partial charge in [-0.25, -0.2) is 0 Å². The summed E-state index contributed by atoms with van der Waals surface area (Å²) in [6.45, 7) is 9.36. The van der Waals surface area contributed by atoms with E-state index in [1.165, 1.54) is 55.5 Å². The van der Waals surface area contributed by atoms with E-state index in [0.717, 1.165) is 17.1 Å². The number of benzene rings is 6. The van der Waals surface area contributed by atoms with Gasteiger partial charge in [-0.1, -0.05) is 129 Å². The predicted octanol–water partition coefficient (Wildman–Crippen LogP) is 12.7. The Kier molecular flexibility index (Phi) is 9.03. The van der Waals surface area contributed by atoms with Crippen molar-refractivity contribution >= 4 is 50.0 Å². The van der Waals surface area contributed by atoms with Gasteiger partial charge in [0.25, 0.3) is 0 Å². The van der Waals surface area contributed by atoms with Gasteiger partial charge in [-0.15, -0.1) is 0 Å². The summed E-state index contributed by atoms with van der Waals surface area (Å²) in [4.78, 5) is 4.66. The van der Waals surface area contributed by atoms with E-state index < -0.39 is 0 Å². The Morgan fingerprint density at radius 1 is 0.593 bits per heavy atom.